The van der Waals surface area contributed by atoms with Gasteiger partial charge in [-0.15, -0.1) is 0 Å². The Balaban J connectivity index is 3.18. The van der Waals surface area contributed by atoms with Gasteiger partial charge in [0.1, 0.15) is 5.16 Å². The van der Waals surface area contributed by atoms with Gasteiger partial charge in [0.15, 0.2) is 0 Å². The fourth-order valence-electron chi connectivity index (χ4n) is 0.742. The van der Waals surface area contributed by atoms with Gasteiger partial charge in [0, 0.05) is 11.8 Å². The number of hydrogen-bond donors (Lipinski definition) is 0. The molecule has 0 N–H and O–H groups in total. The van der Waals surface area contributed by atoms with E-state index < -0.39 is 0 Å². The summed E-state index contributed by atoms with van der Waals surface area (Å²) in [5, 5.41) is 1.02. The molecule has 1 unspecified atom stereocenters. The molecule has 1 aliphatic heterocycles. The zero-order chi connectivity index (χ0) is 9.46. The molecule has 1 rings (SSSR count). The molecule has 12 heavy (non-hydrogen) atoms. The predicted molar refractivity (Wildman–Crippen MR) is 54.6 cm³/mol. The van der Waals surface area contributed by atoms with Crippen molar-refractivity contribution in [3.8, 4) is 0 Å². The predicted octanol–water partition coefficient (Wildman–Crippen LogP) is 4.18. The second-order valence-electron chi connectivity index (χ2n) is 2.25. The summed E-state index contributed by atoms with van der Waals surface area (Å²) in [4.78, 5) is 0. The second kappa shape index (κ2) is 3.85. The molecule has 0 spiro atoms. The molecule has 0 saturated carbocycles. The minimum Gasteiger partial charge on any atom is -0.265 e. The van der Waals surface area contributed by atoms with Gasteiger partial charge in [-0.05, 0) is 6.92 Å². The molecule has 68 valence electrons. The molecule has 1 heterocycles. The lowest BCUT2D eigenvalue weighted by molar-refractivity contribution is 0.508. The summed E-state index contributed by atoms with van der Waals surface area (Å²) < 4.78 is 1.23. The van der Waals surface area contributed by atoms with Crippen LogP contribution in [0.1, 0.15) is 6.92 Å². The highest BCUT2D eigenvalue weighted by Gasteiger charge is 2.28. The van der Waals surface area contributed by atoms with Crippen molar-refractivity contribution < 1.29 is 0 Å². The van der Waals surface area contributed by atoms with Crippen molar-refractivity contribution in [1.29, 1.82) is 0 Å². The maximum Gasteiger partial charge on any atom is 0.140 e. The molecule has 1 nitrogen and oxygen atoms in total. The minimum atomic E-state index is -0.254. The van der Waals surface area contributed by atoms with Gasteiger partial charge in [-0.1, -0.05) is 46.4 Å². The van der Waals surface area contributed by atoms with Crippen LogP contribution in [-0.2, 0) is 0 Å². The first kappa shape index (κ1) is 10.8. The lowest BCUT2D eigenvalue weighted by Crippen LogP contribution is -2.26. The van der Waals surface area contributed by atoms with Crippen LogP contribution in [0.25, 0.3) is 0 Å². The van der Waals surface area contributed by atoms with Crippen molar-refractivity contribution in [3.63, 3.8) is 0 Å². The SMILES string of the molecule is CC1C(Cl)=C(Cl)C(Cl)=C(Cl)N1Cl. The monoisotopic (exact) mass is 265 g/mol. The van der Waals surface area contributed by atoms with E-state index in [1.54, 1.807) is 6.92 Å². The number of rotatable bonds is 0. The van der Waals surface area contributed by atoms with Crippen LogP contribution in [0, 0.1) is 0 Å². The molecular weight excluding hydrogens is 263 g/mol. The molecule has 0 radical (unpaired) electrons. The van der Waals surface area contributed by atoms with Crippen LogP contribution in [0.2, 0.25) is 0 Å². The van der Waals surface area contributed by atoms with Crippen LogP contribution in [0.5, 0.6) is 0 Å². The number of hydrogen-bond acceptors (Lipinski definition) is 1. The first-order chi connectivity index (χ1) is 5.46. The summed E-state index contributed by atoms with van der Waals surface area (Å²) in [5.41, 5.74) is 0. The van der Waals surface area contributed by atoms with E-state index in [0.29, 0.717) is 5.03 Å². The van der Waals surface area contributed by atoms with E-state index in [2.05, 4.69) is 0 Å². The molecule has 0 aromatic carbocycles. The molecule has 0 aromatic heterocycles. The fraction of sp³-hybridized carbons (Fsp3) is 0.333. The fourth-order valence-corrected chi connectivity index (χ4v) is 1.99. The average Bonchev–Trinajstić information content (AvgIpc) is 2.08. The zero-order valence-corrected chi connectivity index (χ0v) is 9.69. The Morgan fingerprint density at radius 2 is 1.58 bits per heavy atom. The third kappa shape index (κ3) is 1.66. The maximum absolute atomic E-state index is 5.82. The van der Waals surface area contributed by atoms with Crippen molar-refractivity contribution in [2.45, 2.75) is 13.0 Å². The van der Waals surface area contributed by atoms with Crippen LogP contribution >= 0.6 is 58.2 Å². The van der Waals surface area contributed by atoms with Crippen molar-refractivity contribution in [2.75, 3.05) is 0 Å². The second-order valence-corrected chi connectivity index (χ2v) is 4.14. The Morgan fingerprint density at radius 3 is 2.08 bits per heavy atom. The van der Waals surface area contributed by atoms with E-state index in [1.165, 1.54) is 4.42 Å². The topological polar surface area (TPSA) is 3.24 Å². The number of halogens is 5. The van der Waals surface area contributed by atoms with Crippen LogP contribution in [-0.4, -0.2) is 10.5 Å². The first-order valence-electron chi connectivity index (χ1n) is 3.02. The molecule has 1 atom stereocenters. The molecule has 0 amide bonds. The molecule has 0 aliphatic carbocycles. The molecular formula is C6H4Cl5N. The van der Waals surface area contributed by atoms with E-state index >= 15 is 0 Å². The van der Waals surface area contributed by atoms with Gasteiger partial charge < -0.3 is 0 Å². The van der Waals surface area contributed by atoms with E-state index in [9.17, 15) is 0 Å². The van der Waals surface area contributed by atoms with Gasteiger partial charge in [-0.3, -0.25) is 4.42 Å². The Kier molecular flexibility index (Phi) is 3.47. The first-order valence-corrected chi connectivity index (χ1v) is 4.87. The Morgan fingerprint density at radius 1 is 1.08 bits per heavy atom. The Bertz CT molecular complexity index is 241. The summed E-state index contributed by atoms with van der Waals surface area (Å²) in [6, 6.07) is -0.254. The third-order valence-corrected chi connectivity index (χ3v) is 3.95. The van der Waals surface area contributed by atoms with Crippen LogP contribution in [0.3, 0.4) is 0 Å². The lowest BCUT2D eigenvalue weighted by Gasteiger charge is -2.27. The summed E-state index contributed by atoms with van der Waals surface area (Å²) in [5.74, 6) is 0. The van der Waals surface area contributed by atoms with Gasteiger partial charge >= 0.3 is 0 Å². The van der Waals surface area contributed by atoms with Gasteiger partial charge in [-0.2, -0.15) is 0 Å². The molecule has 0 fully saturated rings. The quantitative estimate of drug-likeness (QED) is 0.470. The minimum absolute atomic E-state index is 0.177. The van der Waals surface area contributed by atoms with Gasteiger partial charge in [0.05, 0.1) is 21.1 Å². The third-order valence-electron chi connectivity index (χ3n) is 1.48. The standard InChI is InChI=1S/C6H4Cl5N/c1-2-3(7)4(8)5(9)6(10)12(2)11/h2H,1H3. The largest absolute Gasteiger partial charge is 0.265 e. The Labute approximate surface area is 95.6 Å². The van der Waals surface area contributed by atoms with E-state index in [-0.39, 0.29) is 21.3 Å². The summed E-state index contributed by atoms with van der Waals surface area (Å²) >= 11 is 28.8. The lowest BCUT2D eigenvalue weighted by atomic mass is 10.2. The van der Waals surface area contributed by atoms with Crippen molar-refractivity contribution in [1.82, 2.24) is 4.42 Å². The molecule has 0 bridgehead atoms. The zero-order valence-electron chi connectivity index (χ0n) is 5.91. The van der Waals surface area contributed by atoms with Crippen molar-refractivity contribution in [2.24, 2.45) is 0 Å². The summed E-state index contributed by atoms with van der Waals surface area (Å²) in [6.07, 6.45) is 0. The highest BCUT2D eigenvalue weighted by atomic mass is 35.5. The van der Waals surface area contributed by atoms with E-state index in [4.69, 9.17) is 58.2 Å². The van der Waals surface area contributed by atoms with Gasteiger partial charge in [0.25, 0.3) is 0 Å². The summed E-state index contributed by atoms with van der Waals surface area (Å²) in [7, 11) is 0. The van der Waals surface area contributed by atoms with Crippen LogP contribution in [0.15, 0.2) is 20.3 Å². The van der Waals surface area contributed by atoms with E-state index in [1.807, 2.05) is 0 Å². The van der Waals surface area contributed by atoms with Gasteiger partial charge in [-0.25, -0.2) is 0 Å². The normalized spacial score (nSPS) is 25.5. The van der Waals surface area contributed by atoms with Crippen LogP contribution < -0.4 is 0 Å². The average molecular weight is 267 g/mol. The van der Waals surface area contributed by atoms with E-state index in [0.717, 1.165) is 0 Å². The molecule has 0 aromatic rings. The van der Waals surface area contributed by atoms with Crippen LogP contribution in [0.4, 0.5) is 0 Å². The smallest absolute Gasteiger partial charge is 0.140 e. The molecule has 6 heteroatoms. The number of allylic oxidation sites excluding steroid dienone is 2. The highest BCUT2D eigenvalue weighted by Crippen LogP contribution is 2.40. The summed E-state index contributed by atoms with van der Waals surface area (Å²) in [6.45, 7) is 1.77. The van der Waals surface area contributed by atoms with Gasteiger partial charge in [0.2, 0.25) is 0 Å². The van der Waals surface area contributed by atoms with Crippen molar-refractivity contribution in [3.05, 3.63) is 20.3 Å². The molecule has 1 aliphatic rings. The molecule has 0 saturated heterocycles. The number of nitrogens with zero attached hydrogens (tertiary/aromatic N) is 1. The maximum atomic E-state index is 5.82. The highest BCUT2D eigenvalue weighted by molar-refractivity contribution is 6.52. The van der Waals surface area contributed by atoms with Crippen molar-refractivity contribution >= 4 is 58.2 Å². The Hall–Kier alpha value is 0.730.